The quantitative estimate of drug-likeness (QED) is 0.806. The van der Waals surface area contributed by atoms with Crippen LogP contribution in [0, 0.1) is 0 Å². The molecule has 22 heavy (non-hydrogen) atoms. The summed E-state index contributed by atoms with van der Waals surface area (Å²) in [6.45, 7) is 7.10. The van der Waals surface area contributed by atoms with Gasteiger partial charge in [0, 0.05) is 44.5 Å². The van der Waals surface area contributed by atoms with Gasteiger partial charge < -0.3 is 15.4 Å². The number of rotatable bonds is 7. The van der Waals surface area contributed by atoms with Crippen molar-refractivity contribution >= 4 is 5.91 Å². The zero-order chi connectivity index (χ0) is 16.1. The van der Waals surface area contributed by atoms with E-state index in [1.807, 2.05) is 16.9 Å². The zero-order valence-electron chi connectivity index (χ0n) is 14.0. The Morgan fingerprint density at radius 2 is 2.27 bits per heavy atom. The second kappa shape index (κ2) is 7.74. The highest BCUT2D eigenvalue weighted by molar-refractivity contribution is 5.77. The highest BCUT2D eigenvalue weighted by atomic mass is 16.5. The highest BCUT2D eigenvalue weighted by Crippen LogP contribution is 2.26. The molecule has 124 valence electrons. The molecular weight excluding hydrogens is 280 g/mol. The smallest absolute Gasteiger partial charge is 0.220 e. The van der Waals surface area contributed by atoms with E-state index >= 15 is 0 Å². The molecule has 0 spiro atoms. The lowest BCUT2D eigenvalue weighted by molar-refractivity contribution is -0.124. The first-order valence-corrected chi connectivity index (χ1v) is 8.10. The van der Waals surface area contributed by atoms with Crippen LogP contribution in [0.4, 0.5) is 0 Å². The van der Waals surface area contributed by atoms with Gasteiger partial charge in [0.2, 0.25) is 5.91 Å². The molecule has 2 N–H and O–H groups in total. The summed E-state index contributed by atoms with van der Waals surface area (Å²) in [4.78, 5) is 11.9. The zero-order valence-corrected chi connectivity index (χ0v) is 14.0. The van der Waals surface area contributed by atoms with Gasteiger partial charge in [-0.25, -0.2) is 0 Å². The molecule has 0 aromatic carbocycles. The topological polar surface area (TPSA) is 68.2 Å². The Bertz CT molecular complexity index is 486. The van der Waals surface area contributed by atoms with Crippen molar-refractivity contribution in [1.29, 1.82) is 0 Å². The molecule has 1 aromatic heterocycles. The van der Waals surface area contributed by atoms with Gasteiger partial charge >= 0.3 is 0 Å². The van der Waals surface area contributed by atoms with Crippen LogP contribution in [0.2, 0.25) is 0 Å². The molecule has 0 aliphatic carbocycles. The Kier molecular flexibility index (Phi) is 5.97. The third-order valence-corrected chi connectivity index (χ3v) is 4.16. The Labute approximate surface area is 132 Å². The van der Waals surface area contributed by atoms with E-state index in [-0.39, 0.29) is 24.0 Å². The lowest BCUT2D eigenvalue weighted by atomic mass is 9.94. The number of methoxy groups -OCH3 is 1. The predicted molar refractivity (Wildman–Crippen MR) is 85.6 cm³/mol. The van der Waals surface area contributed by atoms with Gasteiger partial charge in [0.25, 0.3) is 0 Å². The molecule has 2 heterocycles. The Morgan fingerprint density at radius 3 is 2.95 bits per heavy atom. The van der Waals surface area contributed by atoms with Gasteiger partial charge in [0.1, 0.15) is 0 Å². The minimum atomic E-state index is -0.0313. The van der Waals surface area contributed by atoms with Crippen molar-refractivity contribution in [2.24, 2.45) is 0 Å². The highest BCUT2D eigenvalue weighted by Gasteiger charge is 2.32. The van der Waals surface area contributed by atoms with Crippen molar-refractivity contribution in [3.8, 4) is 0 Å². The van der Waals surface area contributed by atoms with E-state index in [0.29, 0.717) is 12.5 Å². The molecule has 1 aromatic rings. The van der Waals surface area contributed by atoms with E-state index in [1.165, 1.54) is 0 Å². The normalized spacial score (nSPS) is 23.6. The molecule has 3 atom stereocenters. The standard InChI is InChI=1S/C16H28N4O2/c1-11(2)20-14(7-9-17-20)16-13(5-6-15(21)19-16)18-12(3)8-10-22-4/h7,9,11-13,16,18H,5-6,8,10H2,1-4H3,(H,19,21)/t12?,13-,16-/m1/s1. The summed E-state index contributed by atoms with van der Waals surface area (Å²) in [6, 6.07) is 2.81. The fourth-order valence-corrected chi connectivity index (χ4v) is 3.00. The van der Waals surface area contributed by atoms with Crippen molar-refractivity contribution in [1.82, 2.24) is 20.4 Å². The molecular formula is C16H28N4O2. The summed E-state index contributed by atoms with van der Waals surface area (Å²) < 4.78 is 7.14. The summed E-state index contributed by atoms with van der Waals surface area (Å²) in [5, 5.41) is 11.2. The van der Waals surface area contributed by atoms with E-state index in [4.69, 9.17) is 4.74 Å². The maximum atomic E-state index is 11.9. The van der Waals surface area contributed by atoms with E-state index in [0.717, 1.165) is 25.1 Å². The molecule has 0 radical (unpaired) electrons. The first-order chi connectivity index (χ1) is 10.5. The number of ether oxygens (including phenoxy) is 1. The van der Waals surface area contributed by atoms with E-state index in [9.17, 15) is 4.79 Å². The Morgan fingerprint density at radius 1 is 1.50 bits per heavy atom. The number of carbonyl (C=O) groups excluding carboxylic acids is 1. The number of hydrogen-bond donors (Lipinski definition) is 2. The molecule has 6 nitrogen and oxygen atoms in total. The van der Waals surface area contributed by atoms with Crippen LogP contribution < -0.4 is 10.6 Å². The van der Waals surface area contributed by atoms with Gasteiger partial charge in [-0.15, -0.1) is 0 Å². The number of carbonyl (C=O) groups is 1. The third kappa shape index (κ3) is 4.08. The van der Waals surface area contributed by atoms with Crippen LogP contribution >= 0.6 is 0 Å². The first-order valence-electron chi connectivity index (χ1n) is 8.10. The molecule has 6 heteroatoms. The molecule has 1 fully saturated rings. The molecule has 1 aliphatic heterocycles. The van der Waals surface area contributed by atoms with Crippen LogP contribution in [0.25, 0.3) is 0 Å². The van der Waals surface area contributed by atoms with Crippen molar-refractivity contribution < 1.29 is 9.53 Å². The van der Waals surface area contributed by atoms with Crippen LogP contribution in [0.3, 0.4) is 0 Å². The number of hydrogen-bond acceptors (Lipinski definition) is 4. The number of nitrogens with zero attached hydrogens (tertiary/aromatic N) is 2. The molecule has 2 rings (SSSR count). The molecule has 1 amide bonds. The number of aromatic nitrogens is 2. The maximum absolute atomic E-state index is 11.9. The average Bonchev–Trinajstić information content (AvgIpc) is 2.96. The summed E-state index contributed by atoms with van der Waals surface area (Å²) in [6.07, 6.45) is 4.18. The second-order valence-electron chi connectivity index (χ2n) is 6.33. The summed E-state index contributed by atoms with van der Waals surface area (Å²) in [5.74, 6) is 0.115. The van der Waals surface area contributed by atoms with Crippen molar-refractivity contribution in [2.75, 3.05) is 13.7 Å². The van der Waals surface area contributed by atoms with E-state index < -0.39 is 0 Å². The SMILES string of the molecule is COCCC(C)N[C@@H]1CCC(=O)N[C@H]1c1ccnn1C(C)C. The van der Waals surface area contributed by atoms with Gasteiger partial charge in [-0.2, -0.15) is 5.10 Å². The lowest BCUT2D eigenvalue weighted by Crippen LogP contribution is -2.51. The van der Waals surface area contributed by atoms with Gasteiger partial charge in [-0.1, -0.05) is 0 Å². The molecule has 0 saturated carbocycles. The van der Waals surface area contributed by atoms with Crippen LogP contribution in [0.15, 0.2) is 12.3 Å². The van der Waals surface area contributed by atoms with Crippen LogP contribution in [-0.2, 0) is 9.53 Å². The van der Waals surface area contributed by atoms with Crippen molar-refractivity contribution in [3.05, 3.63) is 18.0 Å². The summed E-state index contributed by atoms with van der Waals surface area (Å²) in [5.41, 5.74) is 1.07. The Hall–Kier alpha value is -1.40. The molecule has 1 saturated heterocycles. The van der Waals surface area contributed by atoms with Gasteiger partial charge in [0.15, 0.2) is 0 Å². The van der Waals surface area contributed by atoms with Crippen LogP contribution in [0.5, 0.6) is 0 Å². The number of piperidine rings is 1. The molecule has 1 unspecified atom stereocenters. The van der Waals surface area contributed by atoms with Crippen molar-refractivity contribution in [3.63, 3.8) is 0 Å². The Balaban J connectivity index is 2.13. The van der Waals surface area contributed by atoms with E-state index in [1.54, 1.807) is 7.11 Å². The van der Waals surface area contributed by atoms with Gasteiger partial charge in [-0.05, 0) is 39.7 Å². The second-order valence-corrected chi connectivity index (χ2v) is 6.33. The third-order valence-electron chi connectivity index (χ3n) is 4.16. The van der Waals surface area contributed by atoms with Gasteiger partial charge in [0.05, 0.1) is 11.7 Å². The van der Waals surface area contributed by atoms with Crippen LogP contribution in [-0.4, -0.2) is 41.5 Å². The monoisotopic (exact) mass is 308 g/mol. The minimum absolute atomic E-state index is 0.0313. The van der Waals surface area contributed by atoms with E-state index in [2.05, 4.69) is 36.5 Å². The van der Waals surface area contributed by atoms with Crippen LogP contribution in [0.1, 0.15) is 57.8 Å². The minimum Gasteiger partial charge on any atom is -0.385 e. The lowest BCUT2D eigenvalue weighted by Gasteiger charge is -2.35. The van der Waals surface area contributed by atoms with Gasteiger partial charge in [-0.3, -0.25) is 9.48 Å². The maximum Gasteiger partial charge on any atom is 0.220 e. The fraction of sp³-hybridized carbons (Fsp3) is 0.750. The average molecular weight is 308 g/mol. The number of amides is 1. The summed E-state index contributed by atoms with van der Waals surface area (Å²) in [7, 11) is 1.72. The predicted octanol–water partition coefficient (Wildman–Crippen LogP) is 1.80. The summed E-state index contributed by atoms with van der Waals surface area (Å²) >= 11 is 0. The molecule has 1 aliphatic rings. The van der Waals surface area contributed by atoms with Crippen molar-refractivity contribution in [2.45, 2.75) is 64.2 Å². The number of nitrogens with one attached hydrogen (secondary N) is 2. The first kappa shape index (κ1) is 17.0. The largest absolute Gasteiger partial charge is 0.385 e. The molecule has 0 bridgehead atoms. The fourth-order valence-electron chi connectivity index (χ4n) is 3.00.